The van der Waals surface area contributed by atoms with Crippen LogP contribution in [0.25, 0.3) is 0 Å². The van der Waals surface area contributed by atoms with Gasteiger partial charge in [-0.15, -0.1) is 0 Å². The maximum Gasteiger partial charge on any atom is 0.0127 e. The third-order valence-corrected chi connectivity index (χ3v) is 12.9. The molecule has 0 N–H and O–H groups in total. The number of hydrogen-bond acceptors (Lipinski definition) is 5. The Kier molecular flexibility index (Phi) is 6.99. The summed E-state index contributed by atoms with van der Waals surface area (Å²) < 4.78 is 13.2. The zero-order chi connectivity index (χ0) is 18.0. The topological polar surface area (TPSA) is 16.2 Å². The third kappa shape index (κ3) is 2.85. The second-order valence-corrected chi connectivity index (χ2v) is 13.2. The molecule has 0 aromatic heterocycles. The first-order chi connectivity index (χ1) is 10.6. The minimum absolute atomic E-state index is 0.727. The lowest BCUT2D eigenvalue weighted by Gasteiger charge is -2.83. The Labute approximate surface area is 146 Å². The van der Waals surface area contributed by atoms with E-state index in [0.29, 0.717) is 0 Å². The van der Waals surface area contributed by atoms with Crippen LogP contribution in [0.3, 0.4) is 0 Å². The van der Waals surface area contributed by atoms with E-state index in [2.05, 4.69) is 91.5 Å². The quantitative estimate of drug-likeness (QED) is 0.766. The molecule has 0 saturated carbocycles. The van der Waals surface area contributed by atoms with Crippen LogP contribution in [0.2, 0.25) is 0 Å². The van der Waals surface area contributed by atoms with Crippen LogP contribution in [0.15, 0.2) is 0 Å². The van der Waals surface area contributed by atoms with E-state index in [1.807, 2.05) is 0 Å². The predicted octanol–water partition coefficient (Wildman–Crippen LogP) is 2.64. The molecule has 5 nitrogen and oxygen atoms in total. The maximum atomic E-state index is 2.78. The fourth-order valence-corrected chi connectivity index (χ4v) is 13.1. The van der Waals surface area contributed by atoms with Crippen molar-refractivity contribution in [2.45, 2.75) is 34.1 Å². The van der Waals surface area contributed by atoms with Crippen LogP contribution in [0, 0.1) is 11.8 Å². The Morgan fingerprint density at radius 2 is 1.04 bits per heavy atom. The van der Waals surface area contributed by atoms with Gasteiger partial charge in [0.1, 0.15) is 0 Å². The van der Waals surface area contributed by atoms with Gasteiger partial charge < -0.3 is 0 Å². The zero-order valence-corrected chi connectivity index (χ0v) is 18.3. The Hall–Kier alpha value is 0.150. The van der Waals surface area contributed by atoms with E-state index in [0.717, 1.165) is 38.0 Å². The molecule has 0 bridgehead atoms. The predicted molar refractivity (Wildman–Crippen MR) is 107 cm³/mol. The van der Waals surface area contributed by atoms with Crippen molar-refractivity contribution in [3.8, 4) is 0 Å². The molecule has 1 saturated heterocycles. The molecule has 0 amide bonds. The normalized spacial score (nSPS) is 31.8. The molecule has 6 heteroatoms. The van der Waals surface area contributed by atoms with Gasteiger partial charge in [0.2, 0.25) is 0 Å². The molecule has 1 aliphatic rings. The maximum absolute atomic E-state index is 2.78. The SMILES string of the molecule is CCN1CC(C)CC(C)CN(CC)[SH]1(N(C)C)(N(C)C)N(C)C. The molecule has 0 aliphatic carbocycles. The first-order valence-electron chi connectivity index (χ1n) is 9.15. The summed E-state index contributed by atoms with van der Waals surface area (Å²) in [4.78, 5) is 0. The van der Waals surface area contributed by atoms with Crippen molar-refractivity contribution in [3.63, 3.8) is 0 Å². The molecular weight excluding hydrogens is 306 g/mol. The van der Waals surface area contributed by atoms with E-state index in [9.17, 15) is 0 Å². The molecule has 1 heterocycles. The average molecular weight is 350 g/mol. The van der Waals surface area contributed by atoms with Gasteiger partial charge in [-0.3, -0.25) is 0 Å². The highest BCUT2D eigenvalue weighted by Crippen LogP contribution is 2.78. The van der Waals surface area contributed by atoms with Gasteiger partial charge in [-0.05, 0) is 60.5 Å². The summed E-state index contributed by atoms with van der Waals surface area (Å²) in [5, 5.41) is 0. The summed E-state index contributed by atoms with van der Waals surface area (Å²) in [7, 11) is 10.9. The lowest BCUT2D eigenvalue weighted by molar-refractivity contribution is 0.194. The molecule has 23 heavy (non-hydrogen) atoms. The lowest BCUT2D eigenvalue weighted by atomic mass is 9.97. The molecule has 1 rings (SSSR count). The Balaban J connectivity index is 3.76. The molecule has 142 valence electrons. The fraction of sp³-hybridized carbons (Fsp3) is 1.00. The summed E-state index contributed by atoms with van der Waals surface area (Å²) in [5.41, 5.74) is 0. The Morgan fingerprint density at radius 3 is 1.26 bits per heavy atom. The van der Waals surface area contributed by atoms with Crippen molar-refractivity contribution in [3.05, 3.63) is 0 Å². The van der Waals surface area contributed by atoms with Gasteiger partial charge in [0.05, 0.1) is 0 Å². The molecule has 0 aromatic rings. The summed E-state index contributed by atoms with van der Waals surface area (Å²) in [6.07, 6.45) is 1.31. The highest BCUT2D eigenvalue weighted by Gasteiger charge is 2.55. The zero-order valence-electron chi connectivity index (χ0n) is 17.4. The van der Waals surface area contributed by atoms with Crippen molar-refractivity contribution in [1.29, 1.82) is 0 Å². The molecule has 1 aliphatic heterocycles. The van der Waals surface area contributed by atoms with Gasteiger partial charge in [-0.2, -0.15) is 0 Å². The van der Waals surface area contributed by atoms with Crippen LogP contribution in [0.1, 0.15) is 34.1 Å². The first kappa shape index (κ1) is 21.2. The largest absolute Gasteiger partial charge is 0.249 e. The molecule has 0 radical (unpaired) electrons. The average Bonchev–Trinajstić information content (AvgIpc) is 2.42. The van der Waals surface area contributed by atoms with Gasteiger partial charge in [-0.25, -0.2) is 21.5 Å². The fourth-order valence-electron chi connectivity index (χ4n) is 5.38. The lowest BCUT2D eigenvalue weighted by Crippen LogP contribution is -2.70. The summed E-state index contributed by atoms with van der Waals surface area (Å²) in [6.45, 7) is 13.9. The van der Waals surface area contributed by atoms with Gasteiger partial charge in [0.25, 0.3) is 0 Å². The molecule has 1 fully saturated rings. The smallest absolute Gasteiger partial charge is 0.0127 e. The molecule has 0 aromatic carbocycles. The van der Waals surface area contributed by atoms with E-state index in [1.54, 1.807) is 0 Å². The molecule has 2 unspecified atom stereocenters. The minimum atomic E-state index is -2.73. The Bertz CT molecular complexity index is 339. The van der Waals surface area contributed by atoms with E-state index >= 15 is 0 Å². The second-order valence-electron chi connectivity index (χ2n) is 7.89. The van der Waals surface area contributed by atoms with E-state index in [4.69, 9.17) is 0 Å². The summed E-state index contributed by atoms with van der Waals surface area (Å²) in [6, 6.07) is 0. The summed E-state index contributed by atoms with van der Waals surface area (Å²) in [5.74, 6) is 1.45. The standard InChI is InChI=1S/C17H43N5S/c1-11-21-14-16(3)13-17(4)15-22(12-2)23(21,18(5)6,19(7)8)20(9)10/h16-17,23H,11-15H2,1-10H3. The highest BCUT2D eigenvalue weighted by atomic mass is 32.3. The van der Waals surface area contributed by atoms with Crippen LogP contribution in [0.4, 0.5) is 0 Å². The highest BCUT2D eigenvalue weighted by molar-refractivity contribution is 8.40. The molecular formula is C17H43N5S. The van der Waals surface area contributed by atoms with Crippen molar-refractivity contribution < 1.29 is 0 Å². The number of hydrogen-bond donors (Lipinski definition) is 1. The number of rotatable bonds is 5. The van der Waals surface area contributed by atoms with Crippen LogP contribution in [-0.2, 0) is 0 Å². The van der Waals surface area contributed by atoms with Crippen LogP contribution < -0.4 is 0 Å². The number of thiol groups is 1. The van der Waals surface area contributed by atoms with Crippen molar-refractivity contribution in [2.75, 3.05) is 68.5 Å². The number of nitrogens with zero attached hydrogens (tertiary/aromatic N) is 5. The van der Waals surface area contributed by atoms with Crippen LogP contribution >= 0.6 is 10.1 Å². The second kappa shape index (κ2) is 7.58. The van der Waals surface area contributed by atoms with Crippen LogP contribution in [0.5, 0.6) is 0 Å². The van der Waals surface area contributed by atoms with E-state index in [1.165, 1.54) is 6.42 Å². The van der Waals surface area contributed by atoms with Gasteiger partial charge in [0.15, 0.2) is 0 Å². The first-order valence-corrected chi connectivity index (χ1v) is 11.2. The van der Waals surface area contributed by atoms with Crippen molar-refractivity contribution in [1.82, 2.24) is 21.5 Å². The Morgan fingerprint density at radius 1 is 0.739 bits per heavy atom. The van der Waals surface area contributed by atoms with Gasteiger partial charge >= 0.3 is 0 Å². The minimum Gasteiger partial charge on any atom is -0.249 e. The van der Waals surface area contributed by atoms with Crippen LogP contribution in [-0.4, -0.2) is 90.0 Å². The van der Waals surface area contributed by atoms with Gasteiger partial charge in [0, 0.05) is 26.2 Å². The van der Waals surface area contributed by atoms with E-state index < -0.39 is 10.1 Å². The van der Waals surface area contributed by atoms with Crippen molar-refractivity contribution >= 4 is 10.1 Å². The third-order valence-electron chi connectivity index (χ3n) is 5.74. The van der Waals surface area contributed by atoms with Gasteiger partial charge in [-0.1, -0.05) is 37.8 Å². The molecule has 2 atom stereocenters. The monoisotopic (exact) mass is 349 g/mol. The summed E-state index contributed by atoms with van der Waals surface area (Å²) >= 11 is 0. The van der Waals surface area contributed by atoms with E-state index in [-0.39, 0.29) is 0 Å². The van der Waals surface area contributed by atoms with Crippen molar-refractivity contribution in [2.24, 2.45) is 11.8 Å². The molecule has 0 spiro atoms.